The first-order valence-corrected chi connectivity index (χ1v) is 9.91. The van der Waals surface area contributed by atoms with Gasteiger partial charge < -0.3 is 4.90 Å². The van der Waals surface area contributed by atoms with E-state index in [0.717, 1.165) is 25.9 Å². The molecule has 0 saturated carbocycles. The number of hydrogen-bond acceptors (Lipinski definition) is 2. The van der Waals surface area contributed by atoms with Gasteiger partial charge in [0.1, 0.15) is 0 Å². The summed E-state index contributed by atoms with van der Waals surface area (Å²) in [7, 11) is 2.22. The highest BCUT2D eigenvalue weighted by atomic mass is 15.1. The van der Waals surface area contributed by atoms with E-state index in [4.69, 9.17) is 0 Å². The zero-order chi connectivity index (χ0) is 18.1. The molecular weight excluding hydrogens is 304 g/mol. The smallest absolute Gasteiger partial charge is 0.0845 e. The Balaban J connectivity index is 1.86. The van der Waals surface area contributed by atoms with Gasteiger partial charge in [-0.15, -0.1) is 0 Å². The fraction of sp³-hybridized carbons (Fsp3) is 0.609. The Labute approximate surface area is 154 Å². The van der Waals surface area contributed by atoms with E-state index in [1.54, 1.807) is 5.57 Å². The Bertz CT molecular complexity index is 582. The Hall–Kier alpha value is -1.59. The summed E-state index contributed by atoms with van der Waals surface area (Å²) in [5.74, 6) is 0.317. The van der Waals surface area contributed by atoms with Gasteiger partial charge in [0, 0.05) is 6.54 Å². The predicted molar refractivity (Wildman–Crippen MR) is 106 cm³/mol. The molecule has 1 unspecified atom stereocenters. The maximum atomic E-state index is 9.97. The van der Waals surface area contributed by atoms with Crippen LogP contribution in [0.3, 0.4) is 0 Å². The fourth-order valence-corrected chi connectivity index (χ4v) is 3.96. The second-order valence-electron chi connectivity index (χ2n) is 7.87. The van der Waals surface area contributed by atoms with Gasteiger partial charge in [0.05, 0.1) is 11.5 Å². The van der Waals surface area contributed by atoms with Crippen LogP contribution in [0.2, 0.25) is 0 Å². The summed E-state index contributed by atoms with van der Waals surface area (Å²) in [4.78, 5) is 2.43. The molecule has 0 aliphatic heterocycles. The minimum atomic E-state index is -0.367. The third-order valence-corrected chi connectivity index (χ3v) is 5.78. The fourth-order valence-electron chi connectivity index (χ4n) is 3.96. The number of benzene rings is 1. The molecule has 1 aliphatic carbocycles. The van der Waals surface area contributed by atoms with E-state index in [1.165, 1.54) is 37.7 Å². The molecule has 2 rings (SSSR count). The van der Waals surface area contributed by atoms with Gasteiger partial charge in [-0.25, -0.2) is 0 Å². The summed E-state index contributed by atoms with van der Waals surface area (Å²) < 4.78 is 0. The van der Waals surface area contributed by atoms with Crippen molar-refractivity contribution in [3.05, 3.63) is 47.5 Å². The van der Waals surface area contributed by atoms with E-state index in [2.05, 4.69) is 50.1 Å². The molecule has 2 nitrogen and oxygen atoms in total. The molecule has 0 N–H and O–H groups in total. The molecule has 0 heterocycles. The first-order chi connectivity index (χ1) is 12.1. The number of nitriles is 1. The van der Waals surface area contributed by atoms with Gasteiger partial charge in [-0.1, -0.05) is 55.8 Å². The van der Waals surface area contributed by atoms with Gasteiger partial charge in [-0.3, -0.25) is 0 Å². The maximum absolute atomic E-state index is 9.97. The molecule has 1 atom stereocenters. The van der Waals surface area contributed by atoms with Crippen molar-refractivity contribution in [3.63, 3.8) is 0 Å². The van der Waals surface area contributed by atoms with E-state index in [1.807, 2.05) is 18.2 Å². The van der Waals surface area contributed by atoms with Crippen LogP contribution in [0, 0.1) is 17.2 Å². The van der Waals surface area contributed by atoms with Crippen molar-refractivity contribution in [2.45, 2.75) is 64.2 Å². The molecule has 0 fully saturated rings. The van der Waals surface area contributed by atoms with Gasteiger partial charge in [-0.05, 0) is 70.0 Å². The van der Waals surface area contributed by atoms with Crippen molar-refractivity contribution in [3.8, 4) is 6.07 Å². The molecule has 0 aromatic heterocycles. The summed E-state index contributed by atoms with van der Waals surface area (Å²) in [5, 5.41) is 9.97. The summed E-state index contributed by atoms with van der Waals surface area (Å²) in [6.45, 7) is 6.56. The number of rotatable bonds is 9. The molecule has 1 aromatic rings. The lowest BCUT2D eigenvalue weighted by atomic mass is 9.70. The van der Waals surface area contributed by atoms with Crippen LogP contribution in [-0.2, 0) is 5.41 Å². The van der Waals surface area contributed by atoms with Crippen LogP contribution in [-0.4, -0.2) is 25.0 Å². The van der Waals surface area contributed by atoms with Gasteiger partial charge in [0.15, 0.2) is 0 Å². The average Bonchev–Trinajstić information content (AvgIpc) is 2.65. The van der Waals surface area contributed by atoms with Crippen molar-refractivity contribution in [2.75, 3.05) is 20.1 Å². The van der Waals surface area contributed by atoms with Crippen LogP contribution in [0.4, 0.5) is 0 Å². The van der Waals surface area contributed by atoms with Gasteiger partial charge in [-0.2, -0.15) is 5.26 Å². The highest BCUT2D eigenvalue weighted by Crippen LogP contribution is 2.36. The van der Waals surface area contributed by atoms with Crippen molar-refractivity contribution in [1.82, 2.24) is 4.90 Å². The lowest BCUT2D eigenvalue weighted by Gasteiger charge is -2.32. The standard InChI is InChI=1S/C23H34N2/c1-20(2)23(19-24,22-13-8-5-9-14-22)16-10-17-25(3)18-15-21-11-6-4-7-12-21/h5,8-9,11,13-14,20H,4,6-7,10,12,15-18H2,1-3H3. The second-order valence-corrected chi connectivity index (χ2v) is 7.87. The van der Waals surface area contributed by atoms with Crippen LogP contribution in [0.15, 0.2) is 42.0 Å². The third kappa shape index (κ3) is 5.44. The topological polar surface area (TPSA) is 27.0 Å². The summed E-state index contributed by atoms with van der Waals surface area (Å²) >= 11 is 0. The quantitative estimate of drug-likeness (QED) is 0.539. The molecule has 25 heavy (non-hydrogen) atoms. The van der Waals surface area contributed by atoms with E-state index < -0.39 is 0 Å². The SMILES string of the molecule is CC(C)C(C#N)(CCCN(C)CCC1=CCCCC1)c1ccccc1. The molecule has 136 valence electrons. The highest BCUT2D eigenvalue weighted by Gasteiger charge is 2.35. The Kier molecular flexibility index (Phi) is 7.72. The van der Waals surface area contributed by atoms with Crippen molar-refractivity contribution < 1.29 is 0 Å². The van der Waals surface area contributed by atoms with Crippen LogP contribution in [0.5, 0.6) is 0 Å². The Morgan fingerprint density at radius 1 is 1.16 bits per heavy atom. The third-order valence-electron chi connectivity index (χ3n) is 5.78. The second kappa shape index (κ2) is 9.78. The molecule has 0 amide bonds. The Morgan fingerprint density at radius 2 is 1.92 bits per heavy atom. The Morgan fingerprint density at radius 3 is 2.52 bits per heavy atom. The lowest BCUT2D eigenvalue weighted by Crippen LogP contribution is -2.32. The summed E-state index contributed by atoms with van der Waals surface area (Å²) in [5.41, 5.74) is 2.45. The van der Waals surface area contributed by atoms with Crippen LogP contribution in [0.1, 0.15) is 64.4 Å². The zero-order valence-electron chi connectivity index (χ0n) is 16.3. The lowest BCUT2D eigenvalue weighted by molar-refractivity contribution is 0.293. The van der Waals surface area contributed by atoms with E-state index in [9.17, 15) is 5.26 Å². The van der Waals surface area contributed by atoms with Crippen LogP contribution >= 0.6 is 0 Å². The molecule has 2 heteroatoms. The number of allylic oxidation sites excluding steroid dienone is 1. The van der Waals surface area contributed by atoms with Crippen molar-refractivity contribution in [1.29, 1.82) is 5.26 Å². The monoisotopic (exact) mass is 338 g/mol. The largest absolute Gasteiger partial charge is 0.306 e. The number of nitrogens with zero attached hydrogens (tertiary/aromatic N) is 2. The molecular formula is C23H34N2. The first-order valence-electron chi connectivity index (χ1n) is 9.91. The van der Waals surface area contributed by atoms with E-state index in [-0.39, 0.29) is 5.41 Å². The van der Waals surface area contributed by atoms with Gasteiger partial charge in [0.25, 0.3) is 0 Å². The minimum Gasteiger partial charge on any atom is -0.306 e. The van der Waals surface area contributed by atoms with E-state index in [0.29, 0.717) is 5.92 Å². The molecule has 1 aliphatic rings. The van der Waals surface area contributed by atoms with Crippen LogP contribution in [0.25, 0.3) is 0 Å². The van der Waals surface area contributed by atoms with E-state index >= 15 is 0 Å². The van der Waals surface area contributed by atoms with Gasteiger partial charge >= 0.3 is 0 Å². The van der Waals surface area contributed by atoms with Crippen molar-refractivity contribution in [2.24, 2.45) is 5.92 Å². The highest BCUT2D eigenvalue weighted by molar-refractivity contribution is 5.33. The maximum Gasteiger partial charge on any atom is 0.0845 e. The average molecular weight is 339 g/mol. The van der Waals surface area contributed by atoms with Gasteiger partial charge in [0.2, 0.25) is 0 Å². The molecule has 0 saturated heterocycles. The normalized spacial score (nSPS) is 17.2. The minimum absolute atomic E-state index is 0.317. The molecule has 0 radical (unpaired) electrons. The summed E-state index contributed by atoms with van der Waals surface area (Å²) in [6.07, 6.45) is 11.0. The molecule has 0 bridgehead atoms. The molecule has 1 aromatic carbocycles. The van der Waals surface area contributed by atoms with Crippen molar-refractivity contribution >= 4 is 0 Å². The van der Waals surface area contributed by atoms with Crippen LogP contribution < -0.4 is 0 Å². The molecule has 0 spiro atoms. The number of hydrogen-bond donors (Lipinski definition) is 0. The first kappa shape index (κ1) is 19.7. The zero-order valence-corrected chi connectivity index (χ0v) is 16.3. The predicted octanol–water partition coefficient (Wildman–Crippen LogP) is 5.71. The summed E-state index contributed by atoms with van der Waals surface area (Å²) in [6, 6.07) is 13.0.